The van der Waals surface area contributed by atoms with Gasteiger partial charge in [0.15, 0.2) is 0 Å². The van der Waals surface area contributed by atoms with Gasteiger partial charge in [-0.2, -0.15) is 0 Å². The van der Waals surface area contributed by atoms with E-state index in [4.69, 9.17) is 15.3 Å². The molecule has 0 aliphatic heterocycles. The van der Waals surface area contributed by atoms with E-state index in [0.717, 1.165) is 0 Å². The number of rotatable bonds is 9. The maximum absolute atomic E-state index is 12.5. The Bertz CT molecular complexity index is 184. The highest BCUT2D eigenvalue weighted by molar-refractivity contribution is 7.64. The van der Waals surface area contributed by atoms with Gasteiger partial charge in [0.05, 0.1) is 7.14 Å². The molecule has 0 aliphatic rings. The number of hydrogen-bond donors (Lipinski definition) is 3. The normalized spacial score (nSPS) is 14.1. The van der Waals surface area contributed by atoms with Gasteiger partial charge in [0, 0.05) is 37.8 Å². The third-order valence-corrected chi connectivity index (χ3v) is 6.75. The summed E-state index contributed by atoms with van der Waals surface area (Å²) in [5.41, 5.74) is -0.0133. The molecule has 0 spiro atoms. The van der Waals surface area contributed by atoms with E-state index in [1.54, 1.807) is 0 Å². The summed E-state index contributed by atoms with van der Waals surface area (Å²) in [6, 6.07) is 0. The van der Waals surface area contributed by atoms with E-state index < -0.39 is 7.14 Å². The number of aliphatic hydroxyl groups excluding tert-OH is 3. The Morgan fingerprint density at radius 3 is 1.80 bits per heavy atom. The second kappa shape index (κ2) is 8.28. The van der Waals surface area contributed by atoms with Crippen LogP contribution in [0.15, 0.2) is 0 Å². The van der Waals surface area contributed by atoms with Crippen molar-refractivity contribution in [3.8, 4) is 0 Å². The van der Waals surface area contributed by atoms with Crippen LogP contribution in [0.1, 0.15) is 26.2 Å². The van der Waals surface area contributed by atoms with E-state index in [9.17, 15) is 4.57 Å². The smallest absolute Gasteiger partial charge is 0.0906 e. The highest BCUT2D eigenvalue weighted by atomic mass is 31.2. The van der Waals surface area contributed by atoms with Crippen molar-refractivity contribution in [1.82, 2.24) is 0 Å². The molecular formula is C10H23O4P. The van der Waals surface area contributed by atoms with Crippen molar-refractivity contribution in [1.29, 1.82) is 0 Å². The average molecular weight is 238 g/mol. The van der Waals surface area contributed by atoms with Gasteiger partial charge >= 0.3 is 0 Å². The first-order valence-corrected chi connectivity index (χ1v) is 7.65. The summed E-state index contributed by atoms with van der Waals surface area (Å²) in [5.74, 6) is 0. The molecule has 0 rings (SSSR count). The summed E-state index contributed by atoms with van der Waals surface area (Å²) in [6.45, 7) is 2.03. The third-order valence-electron chi connectivity index (χ3n) is 2.74. The molecule has 0 aliphatic carbocycles. The van der Waals surface area contributed by atoms with Crippen LogP contribution in [0.4, 0.5) is 0 Å². The topological polar surface area (TPSA) is 77.8 Å². The zero-order valence-electron chi connectivity index (χ0n) is 9.43. The molecule has 0 fully saturated rings. The lowest BCUT2D eigenvalue weighted by atomic mass is 10.3. The minimum atomic E-state index is -2.34. The largest absolute Gasteiger partial charge is 0.396 e. The fraction of sp³-hybridized carbons (Fsp3) is 1.00. The first-order chi connectivity index (χ1) is 7.10. The van der Waals surface area contributed by atoms with Crippen LogP contribution in [0.5, 0.6) is 0 Å². The van der Waals surface area contributed by atoms with Gasteiger partial charge in [-0.05, 0) is 19.3 Å². The fourth-order valence-electron chi connectivity index (χ4n) is 1.65. The monoisotopic (exact) mass is 238 g/mol. The Labute approximate surface area is 91.7 Å². The van der Waals surface area contributed by atoms with Crippen LogP contribution in [0.3, 0.4) is 0 Å². The molecule has 0 amide bonds. The van der Waals surface area contributed by atoms with Crippen molar-refractivity contribution in [3.05, 3.63) is 0 Å². The van der Waals surface area contributed by atoms with Crippen molar-refractivity contribution in [2.45, 2.75) is 31.8 Å². The molecule has 4 nitrogen and oxygen atoms in total. The molecule has 92 valence electrons. The fourth-order valence-corrected chi connectivity index (χ4v) is 4.70. The van der Waals surface area contributed by atoms with E-state index in [2.05, 4.69) is 0 Å². The Morgan fingerprint density at radius 2 is 1.47 bits per heavy atom. The Hall–Kier alpha value is 0.110. The summed E-state index contributed by atoms with van der Waals surface area (Å²) in [5, 5.41) is 26.3. The highest BCUT2D eigenvalue weighted by Crippen LogP contribution is 2.52. The Kier molecular flexibility index (Phi) is 8.34. The molecule has 0 bridgehead atoms. The summed E-state index contributed by atoms with van der Waals surface area (Å²) < 4.78 is 12.5. The molecule has 1 unspecified atom stereocenters. The van der Waals surface area contributed by atoms with Crippen molar-refractivity contribution in [2.75, 3.05) is 32.1 Å². The lowest BCUT2D eigenvalue weighted by Gasteiger charge is -2.24. The Balaban J connectivity index is 4.31. The lowest BCUT2D eigenvalue weighted by Crippen LogP contribution is -2.13. The van der Waals surface area contributed by atoms with Crippen molar-refractivity contribution in [2.24, 2.45) is 0 Å². The molecule has 0 aromatic heterocycles. The van der Waals surface area contributed by atoms with Crippen LogP contribution >= 0.6 is 7.14 Å². The molecule has 0 saturated heterocycles. The first-order valence-electron chi connectivity index (χ1n) is 5.51. The van der Waals surface area contributed by atoms with Gasteiger partial charge in [-0.1, -0.05) is 6.92 Å². The van der Waals surface area contributed by atoms with Crippen LogP contribution in [0.25, 0.3) is 0 Å². The van der Waals surface area contributed by atoms with Gasteiger partial charge in [0.2, 0.25) is 0 Å². The number of aliphatic hydroxyl groups is 3. The summed E-state index contributed by atoms with van der Waals surface area (Å²) in [7, 11) is -2.34. The van der Waals surface area contributed by atoms with Crippen LogP contribution in [0.2, 0.25) is 0 Å². The lowest BCUT2D eigenvalue weighted by molar-refractivity contribution is 0.284. The predicted molar refractivity (Wildman–Crippen MR) is 61.9 cm³/mol. The molecule has 0 saturated carbocycles. The third kappa shape index (κ3) is 5.67. The van der Waals surface area contributed by atoms with Crippen molar-refractivity contribution < 1.29 is 19.9 Å². The van der Waals surface area contributed by atoms with Gasteiger partial charge in [0.1, 0.15) is 0 Å². The van der Waals surface area contributed by atoms with E-state index in [1.807, 2.05) is 6.92 Å². The van der Waals surface area contributed by atoms with E-state index in [-0.39, 0.29) is 25.5 Å². The second-order valence-electron chi connectivity index (χ2n) is 3.92. The van der Waals surface area contributed by atoms with Gasteiger partial charge in [-0.3, -0.25) is 0 Å². The SMILES string of the molecule is CC(CCO)P(=O)(CCCO)CCCO. The van der Waals surface area contributed by atoms with Gasteiger partial charge < -0.3 is 19.9 Å². The molecular weight excluding hydrogens is 215 g/mol. The van der Waals surface area contributed by atoms with Gasteiger partial charge in [0.25, 0.3) is 0 Å². The average Bonchev–Trinajstić information content (AvgIpc) is 2.24. The summed E-state index contributed by atoms with van der Waals surface area (Å²) in [6.07, 6.45) is 2.65. The molecule has 15 heavy (non-hydrogen) atoms. The second-order valence-corrected chi connectivity index (χ2v) is 7.60. The minimum absolute atomic E-state index is 0.0133. The zero-order chi connectivity index (χ0) is 11.7. The number of hydrogen-bond acceptors (Lipinski definition) is 4. The van der Waals surface area contributed by atoms with Gasteiger partial charge in [-0.25, -0.2) is 0 Å². The quantitative estimate of drug-likeness (QED) is 0.521. The van der Waals surface area contributed by atoms with E-state index >= 15 is 0 Å². The van der Waals surface area contributed by atoms with Crippen molar-refractivity contribution in [3.63, 3.8) is 0 Å². The standard InChI is InChI=1S/C10H23O4P/c1-10(4-7-13)15(14,8-2-5-11)9-3-6-12/h10-13H,2-9H2,1H3. The summed E-state index contributed by atoms with van der Waals surface area (Å²) >= 11 is 0. The molecule has 1 atom stereocenters. The van der Waals surface area contributed by atoms with Crippen LogP contribution in [-0.4, -0.2) is 53.1 Å². The molecule has 3 N–H and O–H groups in total. The van der Waals surface area contributed by atoms with Gasteiger partial charge in [-0.15, -0.1) is 0 Å². The van der Waals surface area contributed by atoms with Crippen LogP contribution in [-0.2, 0) is 4.57 Å². The molecule has 0 heterocycles. The minimum Gasteiger partial charge on any atom is -0.396 e. The zero-order valence-corrected chi connectivity index (χ0v) is 10.3. The first kappa shape index (κ1) is 15.1. The molecule has 5 heteroatoms. The summed E-state index contributed by atoms with van der Waals surface area (Å²) in [4.78, 5) is 0. The van der Waals surface area contributed by atoms with E-state index in [1.165, 1.54) is 0 Å². The molecule has 0 aromatic carbocycles. The Morgan fingerprint density at radius 1 is 1.00 bits per heavy atom. The molecule has 0 radical (unpaired) electrons. The van der Waals surface area contributed by atoms with Crippen LogP contribution in [0, 0.1) is 0 Å². The van der Waals surface area contributed by atoms with E-state index in [0.29, 0.717) is 31.6 Å². The highest BCUT2D eigenvalue weighted by Gasteiger charge is 2.27. The van der Waals surface area contributed by atoms with Crippen LogP contribution < -0.4 is 0 Å². The maximum Gasteiger partial charge on any atom is 0.0906 e. The molecule has 0 aromatic rings. The van der Waals surface area contributed by atoms with Crippen molar-refractivity contribution >= 4 is 7.14 Å². The maximum atomic E-state index is 12.5. The predicted octanol–water partition coefficient (Wildman–Crippen LogP) is 0.885.